The Morgan fingerprint density at radius 2 is 1.88 bits per heavy atom. The Kier molecular flexibility index (Phi) is 4.03. The smallest absolute Gasteiger partial charge is 0.255 e. The van der Waals surface area contributed by atoms with Crippen molar-refractivity contribution in [3.8, 4) is 11.5 Å². The number of carbonyl (C=O) groups is 2. The molecule has 2 amide bonds. The summed E-state index contributed by atoms with van der Waals surface area (Å²) in [6.45, 7) is 4.52. The molecule has 0 fully saturated rings. The Morgan fingerprint density at radius 1 is 1.12 bits per heavy atom. The summed E-state index contributed by atoms with van der Waals surface area (Å²) in [6.07, 6.45) is 0. The van der Waals surface area contributed by atoms with Crippen LogP contribution in [-0.4, -0.2) is 29.5 Å². The molecule has 6 nitrogen and oxygen atoms in total. The van der Waals surface area contributed by atoms with Crippen molar-refractivity contribution < 1.29 is 19.1 Å². The Balaban J connectivity index is 1.55. The van der Waals surface area contributed by atoms with Gasteiger partial charge in [-0.15, -0.1) is 0 Å². The van der Waals surface area contributed by atoms with E-state index in [1.807, 2.05) is 38.1 Å². The molecule has 2 heterocycles. The van der Waals surface area contributed by atoms with E-state index in [0.29, 0.717) is 29.3 Å². The van der Waals surface area contributed by atoms with Crippen molar-refractivity contribution >= 4 is 17.5 Å². The molecule has 2 aliphatic rings. The molecule has 0 aromatic heterocycles. The zero-order valence-corrected chi connectivity index (χ0v) is 14.7. The van der Waals surface area contributed by atoms with Crippen molar-refractivity contribution in [3.05, 3.63) is 53.6 Å². The quantitative estimate of drug-likeness (QED) is 0.918. The van der Waals surface area contributed by atoms with Crippen LogP contribution in [0.3, 0.4) is 0 Å². The van der Waals surface area contributed by atoms with Gasteiger partial charge in [0.05, 0.1) is 0 Å². The fraction of sp³-hybridized carbons (Fsp3) is 0.300. The van der Waals surface area contributed by atoms with Crippen molar-refractivity contribution in [1.82, 2.24) is 4.90 Å². The first-order valence-electron chi connectivity index (χ1n) is 8.64. The molecule has 1 atom stereocenters. The lowest BCUT2D eigenvalue weighted by molar-refractivity contribution is -0.122. The first-order valence-corrected chi connectivity index (χ1v) is 8.64. The van der Waals surface area contributed by atoms with E-state index < -0.39 is 6.04 Å². The number of hydrogen-bond acceptors (Lipinski definition) is 4. The molecular weight excluding hydrogens is 332 g/mol. The third-order valence-corrected chi connectivity index (χ3v) is 4.73. The number of fused-ring (bicyclic) bond motifs is 2. The van der Waals surface area contributed by atoms with Crippen molar-refractivity contribution in [3.63, 3.8) is 0 Å². The van der Waals surface area contributed by atoms with E-state index in [4.69, 9.17) is 9.47 Å². The first kappa shape index (κ1) is 16.4. The summed E-state index contributed by atoms with van der Waals surface area (Å²) in [4.78, 5) is 27.4. The number of nitrogens with zero attached hydrogens (tertiary/aromatic N) is 1. The lowest BCUT2D eigenvalue weighted by atomic mass is 10.0. The third kappa shape index (κ3) is 2.77. The predicted molar refractivity (Wildman–Crippen MR) is 96.1 cm³/mol. The summed E-state index contributed by atoms with van der Waals surface area (Å²) in [7, 11) is 0. The number of amides is 2. The number of carbonyl (C=O) groups excluding carboxylic acids is 2. The lowest BCUT2D eigenvalue weighted by Gasteiger charge is -2.30. The molecule has 1 N–H and O–H groups in total. The van der Waals surface area contributed by atoms with Gasteiger partial charge < -0.3 is 19.7 Å². The number of rotatable bonds is 4. The highest BCUT2D eigenvalue weighted by molar-refractivity contribution is 6.03. The van der Waals surface area contributed by atoms with Crippen LogP contribution >= 0.6 is 0 Å². The van der Waals surface area contributed by atoms with Crippen molar-refractivity contribution in [2.45, 2.75) is 26.4 Å². The molecule has 0 bridgehead atoms. The summed E-state index contributed by atoms with van der Waals surface area (Å²) in [5.41, 5.74) is 2.25. The number of anilines is 1. The van der Waals surface area contributed by atoms with Crippen LogP contribution in [-0.2, 0) is 11.3 Å². The van der Waals surface area contributed by atoms with Crippen LogP contribution in [0.1, 0.15) is 29.8 Å². The zero-order valence-electron chi connectivity index (χ0n) is 14.7. The molecule has 4 rings (SSSR count). The summed E-state index contributed by atoms with van der Waals surface area (Å²) < 4.78 is 10.6. The Morgan fingerprint density at radius 3 is 2.65 bits per heavy atom. The molecular formula is C20H20N2O4. The van der Waals surface area contributed by atoms with Gasteiger partial charge in [-0.1, -0.05) is 32.0 Å². The van der Waals surface area contributed by atoms with E-state index in [9.17, 15) is 9.59 Å². The highest BCUT2D eigenvalue weighted by Gasteiger charge is 2.38. The highest BCUT2D eigenvalue weighted by atomic mass is 16.7. The van der Waals surface area contributed by atoms with E-state index in [2.05, 4.69) is 5.32 Å². The average Bonchev–Trinajstić information content (AvgIpc) is 3.20. The van der Waals surface area contributed by atoms with Crippen LogP contribution < -0.4 is 14.8 Å². The van der Waals surface area contributed by atoms with Crippen molar-refractivity contribution in [2.24, 2.45) is 5.92 Å². The molecule has 0 saturated carbocycles. The number of hydrogen-bond donors (Lipinski definition) is 1. The second-order valence-electron chi connectivity index (χ2n) is 6.84. The molecule has 0 saturated heterocycles. The van der Waals surface area contributed by atoms with Gasteiger partial charge >= 0.3 is 0 Å². The maximum absolute atomic E-state index is 13.0. The Hall–Kier alpha value is -3.02. The Labute approximate surface area is 151 Å². The molecule has 0 aliphatic carbocycles. The maximum atomic E-state index is 13.0. The van der Waals surface area contributed by atoms with E-state index in [0.717, 1.165) is 5.56 Å². The Bertz CT molecular complexity index is 878. The van der Waals surface area contributed by atoms with Gasteiger partial charge in [0, 0.05) is 23.9 Å². The van der Waals surface area contributed by atoms with Gasteiger partial charge in [-0.3, -0.25) is 9.59 Å². The summed E-state index contributed by atoms with van der Waals surface area (Å²) in [5, 5.41) is 2.91. The molecule has 2 aromatic rings. The summed E-state index contributed by atoms with van der Waals surface area (Å²) >= 11 is 0. The van der Waals surface area contributed by atoms with Crippen molar-refractivity contribution in [1.29, 1.82) is 0 Å². The van der Waals surface area contributed by atoms with E-state index in [1.54, 1.807) is 23.1 Å². The van der Waals surface area contributed by atoms with Gasteiger partial charge in [0.1, 0.15) is 6.04 Å². The second kappa shape index (κ2) is 6.37. The first-order chi connectivity index (χ1) is 12.5. The van der Waals surface area contributed by atoms with E-state index in [1.165, 1.54) is 0 Å². The van der Waals surface area contributed by atoms with Gasteiger partial charge in [-0.25, -0.2) is 0 Å². The standard InChI is InChI=1S/C20H20N2O4/c1-12(2)18(22-10-13-5-3-4-6-15(13)20(22)24)19(23)21-14-7-8-16-17(9-14)26-11-25-16/h3-9,12,18H,10-11H2,1-2H3,(H,21,23)/t18-/m1/s1. The number of nitrogens with one attached hydrogen (secondary N) is 1. The summed E-state index contributed by atoms with van der Waals surface area (Å²) in [5.74, 6) is 0.935. The minimum absolute atomic E-state index is 0.0257. The molecule has 134 valence electrons. The minimum atomic E-state index is -0.555. The summed E-state index contributed by atoms with van der Waals surface area (Å²) in [6, 6.07) is 12.2. The topological polar surface area (TPSA) is 67.9 Å². The highest BCUT2D eigenvalue weighted by Crippen LogP contribution is 2.34. The molecule has 2 aliphatic heterocycles. The zero-order chi connectivity index (χ0) is 18.3. The van der Waals surface area contributed by atoms with Crippen LogP contribution in [0.25, 0.3) is 0 Å². The third-order valence-electron chi connectivity index (χ3n) is 4.73. The van der Waals surface area contributed by atoms with Crippen LogP contribution in [0.2, 0.25) is 0 Å². The second-order valence-corrected chi connectivity index (χ2v) is 6.84. The molecule has 26 heavy (non-hydrogen) atoms. The minimum Gasteiger partial charge on any atom is -0.454 e. The van der Waals surface area contributed by atoms with Crippen LogP contribution in [0.4, 0.5) is 5.69 Å². The van der Waals surface area contributed by atoms with Gasteiger partial charge in [-0.2, -0.15) is 0 Å². The average molecular weight is 352 g/mol. The van der Waals surface area contributed by atoms with Gasteiger partial charge in [0.15, 0.2) is 11.5 Å². The number of benzene rings is 2. The molecule has 0 spiro atoms. The molecule has 0 radical (unpaired) electrons. The lowest BCUT2D eigenvalue weighted by Crippen LogP contribution is -2.47. The largest absolute Gasteiger partial charge is 0.454 e. The molecule has 2 aromatic carbocycles. The van der Waals surface area contributed by atoms with Crippen LogP contribution in [0.15, 0.2) is 42.5 Å². The monoisotopic (exact) mass is 352 g/mol. The van der Waals surface area contributed by atoms with E-state index >= 15 is 0 Å². The van der Waals surface area contributed by atoms with Gasteiger partial charge in [0.25, 0.3) is 5.91 Å². The normalized spacial score (nSPS) is 16.0. The van der Waals surface area contributed by atoms with Crippen molar-refractivity contribution in [2.75, 3.05) is 12.1 Å². The van der Waals surface area contributed by atoms with Gasteiger partial charge in [0.2, 0.25) is 12.7 Å². The maximum Gasteiger partial charge on any atom is 0.255 e. The fourth-order valence-electron chi connectivity index (χ4n) is 3.50. The number of ether oxygens (including phenoxy) is 2. The van der Waals surface area contributed by atoms with E-state index in [-0.39, 0.29) is 24.5 Å². The van der Waals surface area contributed by atoms with Crippen LogP contribution in [0, 0.1) is 5.92 Å². The van der Waals surface area contributed by atoms with Crippen LogP contribution in [0.5, 0.6) is 11.5 Å². The van der Waals surface area contributed by atoms with Gasteiger partial charge in [-0.05, 0) is 29.7 Å². The fourth-order valence-corrected chi connectivity index (χ4v) is 3.50. The SMILES string of the molecule is CC(C)[C@H](C(=O)Nc1ccc2c(c1)OCO2)N1Cc2ccccc2C1=O. The molecule has 6 heteroatoms. The molecule has 0 unspecified atom stereocenters. The predicted octanol–water partition coefficient (Wildman–Crippen LogP) is 3.03.